The molecule has 3 heterocycles. The molecule has 1 saturated heterocycles. The number of nitrogens with zero attached hydrogens (tertiary/aromatic N) is 1. The number of halogens is 1. The van der Waals surface area contributed by atoms with Crippen LogP contribution in [0, 0.1) is 0 Å². The van der Waals surface area contributed by atoms with E-state index in [0.29, 0.717) is 4.34 Å². The van der Waals surface area contributed by atoms with Crippen molar-refractivity contribution in [1.82, 2.24) is 9.62 Å². The van der Waals surface area contributed by atoms with Crippen molar-refractivity contribution < 1.29 is 22.7 Å². The average Bonchev–Trinajstić information content (AvgIpc) is 3.34. The first kappa shape index (κ1) is 23.2. The van der Waals surface area contributed by atoms with Gasteiger partial charge < -0.3 is 9.64 Å². The normalized spacial score (nSPS) is 18.6. The predicted molar refractivity (Wildman–Crippen MR) is 118 cm³/mol. The smallest absolute Gasteiger partial charge is 0.329 e. The highest BCUT2D eigenvalue weighted by Gasteiger charge is 2.40. The van der Waals surface area contributed by atoms with E-state index < -0.39 is 39.6 Å². The van der Waals surface area contributed by atoms with Crippen LogP contribution in [0.4, 0.5) is 0 Å². The minimum absolute atomic E-state index is 0.119. The predicted octanol–water partition coefficient (Wildman–Crippen LogP) is 3.74. The van der Waals surface area contributed by atoms with Gasteiger partial charge in [-0.25, -0.2) is 13.2 Å². The summed E-state index contributed by atoms with van der Waals surface area (Å²) in [7, 11) is -3.88. The summed E-state index contributed by atoms with van der Waals surface area (Å²) in [6, 6.07) is 5.11. The van der Waals surface area contributed by atoms with Gasteiger partial charge in [0.1, 0.15) is 21.9 Å². The van der Waals surface area contributed by atoms with Crippen LogP contribution in [-0.2, 0) is 24.3 Å². The monoisotopic (exact) mass is 490 g/mol. The molecule has 1 aliphatic heterocycles. The Kier molecular flexibility index (Phi) is 6.64. The molecule has 0 aliphatic carbocycles. The Labute approximate surface area is 189 Å². The molecule has 0 aromatic carbocycles. The summed E-state index contributed by atoms with van der Waals surface area (Å²) in [5, 5.41) is 0. The van der Waals surface area contributed by atoms with E-state index in [1.807, 2.05) is 6.07 Å². The van der Waals surface area contributed by atoms with E-state index in [0.717, 1.165) is 21.1 Å². The zero-order valence-electron chi connectivity index (χ0n) is 17.0. The highest BCUT2D eigenvalue weighted by Crippen LogP contribution is 2.37. The molecule has 3 rings (SSSR count). The summed E-state index contributed by atoms with van der Waals surface area (Å²) in [4.78, 5) is 28.0. The molecule has 1 amide bonds. The molecule has 0 saturated carbocycles. The van der Waals surface area contributed by atoms with Gasteiger partial charge in [0.2, 0.25) is 5.91 Å². The Morgan fingerprint density at radius 2 is 1.87 bits per heavy atom. The maximum absolute atomic E-state index is 12.8. The van der Waals surface area contributed by atoms with E-state index in [9.17, 15) is 18.0 Å². The number of ether oxygens (including phenoxy) is 1. The van der Waals surface area contributed by atoms with Crippen molar-refractivity contribution in [1.29, 1.82) is 0 Å². The van der Waals surface area contributed by atoms with E-state index in [2.05, 4.69) is 4.72 Å². The molecule has 0 unspecified atom stereocenters. The van der Waals surface area contributed by atoms with E-state index >= 15 is 0 Å². The molecule has 7 nitrogen and oxygen atoms in total. The standard InChI is InChI=1S/C19H23ClN2O5S3/c1-11(18(24)27-19(2,3)4)22-10-9-12(17(22)23)21-30(25,26)16-8-6-14(29-16)13-5-7-15(20)28-13/h5-8,11-12,21H,9-10H2,1-4H3/t11-,12-/m0/s1. The van der Waals surface area contributed by atoms with Gasteiger partial charge in [-0.05, 0) is 58.4 Å². The third-order valence-corrected chi connectivity index (χ3v) is 8.89. The van der Waals surface area contributed by atoms with Crippen LogP contribution in [0.15, 0.2) is 28.5 Å². The van der Waals surface area contributed by atoms with Crippen LogP contribution in [0.3, 0.4) is 0 Å². The van der Waals surface area contributed by atoms with Crippen LogP contribution < -0.4 is 4.72 Å². The highest BCUT2D eigenvalue weighted by molar-refractivity contribution is 7.91. The summed E-state index contributed by atoms with van der Waals surface area (Å²) < 4.78 is 34.1. The first-order chi connectivity index (χ1) is 13.9. The van der Waals surface area contributed by atoms with Crippen LogP contribution in [0.1, 0.15) is 34.1 Å². The van der Waals surface area contributed by atoms with Gasteiger partial charge >= 0.3 is 5.97 Å². The van der Waals surface area contributed by atoms with Crippen LogP contribution >= 0.6 is 34.3 Å². The minimum Gasteiger partial charge on any atom is -0.458 e. The van der Waals surface area contributed by atoms with Crippen molar-refractivity contribution in [3.8, 4) is 9.75 Å². The first-order valence-electron chi connectivity index (χ1n) is 9.28. The van der Waals surface area contributed by atoms with Crippen LogP contribution in [0.25, 0.3) is 9.75 Å². The Hall–Kier alpha value is -1.46. The van der Waals surface area contributed by atoms with Crippen molar-refractivity contribution in [2.45, 2.75) is 56.0 Å². The van der Waals surface area contributed by atoms with E-state index in [1.165, 1.54) is 22.3 Å². The Bertz CT molecular complexity index is 1050. The van der Waals surface area contributed by atoms with Gasteiger partial charge in [0, 0.05) is 16.3 Å². The number of carbonyl (C=O) groups is 2. The topological polar surface area (TPSA) is 92.8 Å². The number of nitrogens with one attached hydrogen (secondary N) is 1. The van der Waals surface area contributed by atoms with Crippen LogP contribution in [0.2, 0.25) is 4.34 Å². The van der Waals surface area contributed by atoms with E-state index in [-0.39, 0.29) is 17.2 Å². The molecule has 1 fully saturated rings. The maximum atomic E-state index is 12.8. The quantitative estimate of drug-likeness (QED) is 0.622. The summed E-state index contributed by atoms with van der Waals surface area (Å²) in [6.45, 7) is 7.11. The number of hydrogen-bond acceptors (Lipinski definition) is 7. The number of thiophene rings is 2. The van der Waals surface area contributed by atoms with Crippen LogP contribution in [0.5, 0.6) is 0 Å². The van der Waals surface area contributed by atoms with E-state index in [1.54, 1.807) is 39.8 Å². The first-order valence-corrected chi connectivity index (χ1v) is 12.8. The van der Waals surface area contributed by atoms with Gasteiger partial charge in [0.15, 0.2) is 0 Å². The van der Waals surface area contributed by atoms with E-state index in [4.69, 9.17) is 16.3 Å². The molecular formula is C19H23ClN2O5S3. The number of hydrogen-bond donors (Lipinski definition) is 1. The summed E-state index contributed by atoms with van der Waals surface area (Å²) in [5.41, 5.74) is -0.668. The summed E-state index contributed by atoms with van der Waals surface area (Å²) >= 11 is 8.43. The SMILES string of the molecule is C[C@@H](C(=O)OC(C)(C)C)N1CC[C@H](NS(=O)(=O)c2ccc(-c3ccc(Cl)s3)s2)C1=O. The molecule has 164 valence electrons. The average molecular weight is 491 g/mol. The number of amides is 1. The molecule has 0 bridgehead atoms. The van der Waals surface area contributed by atoms with Gasteiger partial charge in [-0.1, -0.05) is 11.6 Å². The number of rotatable bonds is 6. The number of esters is 1. The second-order valence-electron chi connectivity index (χ2n) is 7.93. The highest BCUT2D eigenvalue weighted by atomic mass is 35.5. The molecule has 2 atom stereocenters. The van der Waals surface area contributed by atoms with Gasteiger partial charge in [0.25, 0.3) is 10.0 Å². The lowest BCUT2D eigenvalue weighted by molar-refractivity contribution is -0.163. The zero-order chi connectivity index (χ0) is 22.3. The Morgan fingerprint density at radius 3 is 2.47 bits per heavy atom. The Morgan fingerprint density at radius 1 is 1.23 bits per heavy atom. The molecule has 11 heteroatoms. The van der Waals surface area contributed by atoms with Gasteiger partial charge in [-0.15, -0.1) is 22.7 Å². The number of likely N-dealkylation sites (tertiary alicyclic amines) is 1. The van der Waals surface area contributed by atoms with Gasteiger partial charge in [-0.2, -0.15) is 4.72 Å². The lowest BCUT2D eigenvalue weighted by atomic mass is 10.2. The summed E-state index contributed by atoms with van der Waals surface area (Å²) in [5.74, 6) is -0.949. The molecule has 2 aromatic rings. The van der Waals surface area contributed by atoms with Crippen molar-refractivity contribution in [3.05, 3.63) is 28.6 Å². The zero-order valence-corrected chi connectivity index (χ0v) is 20.2. The van der Waals surface area contributed by atoms with Crippen LogP contribution in [-0.4, -0.2) is 49.4 Å². The van der Waals surface area contributed by atoms with Crippen molar-refractivity contribution >= 4 is 56.2 Å². The fraction of sp³-hybridized carbons (Fsp3) is 0.474. The second-order valence-corrected chi connectivity index (χ2v) is 12.7. The minimum atomic E-state index is -3.88. The lowest BCUT2D eigenvalue weighted by Gasteiger charge is -2.27. The molecule has 1 aliphatic rings. The molecular weight excluding hydrogens is 468 g/mol. The fourth-order valence-electron chi connectivity index (χ4n) is 3.00. The number of carbonyl (C=O) groups excluding carboxylic acids is 2. The van der Waals surface area contributed by atoms with Crippen molar-refractivity contribution in [2.24, 2.45) is 0 Å². The largest absolute Gasteiger partial charge is 0.458 e. The second kappa shape index (κ2) is 8.58. The van der Waals surface area contributed by atoms with Gasteiger partial charge in [-0.3, -0.25) is 4.79 Å². The fourth-order valence-corrected chi connectivity index (χ4v) is 6.68. The van der Waals surface area contributed by atoms with Crippen molar-refractivity contribution in [3.63, 3.8) is 0 Å². The molecule has 30 heavy (non-hydrogen) atoms. The molecule has 2 aromatic heterocycles. The number of sulfonamides is 1. The van der Waals surface area contributed by atoms with Gasteiger partial charge in [0.05, 0.1) is 4.34 Å². The maximum Gasteiger partial charge on any atom is 0.329 e. The van der Waals surface area contributed by atoms with Crippen molar-refractivity contribution in [2.75, 3.05) is 6.54 Å². The summed E-state index contributed by atoms with van der Waals surface area (Å²) in [6.07, 6.45) is 0.282. The Balaban J connectivity index is 1.68. The lowest BCUT2D eigenvalue weighted by Crippen LogP contribution is -2.47. The molecule has 1 N–H and O–H groups in total. The molecule has 0 radical (unpaired) electrons. The third-order valence-electron chi connectivity index (χ3n) is 4.41. The molecule has 0 spiro atoms. The third kappa shape index (κ3) is 5.23.